The Labute approximate surface area is 134 Å². The monoisotopic (exact) mass is 298 g/mol. The molecule has 0 radical (unpaired) electrons. The van der Waals surface area contributed by atoms with Crippen molar-refractivity contribution in [2.45, 2.75) is 64.6 Å². The fourth-order valence-corrected chi connectivity index (χ4v) is 6.67. The summed E-state index contributed by atoms with van der Waals surface area (Å²) in [5.74, 6) is 3.09. The van der Waals surface area contributed by atoms with Crippen LogP contribution in [0.25, 0.3) is 0 Å². The van der Waals surface area contributed by atoms with Crippen LogP contribution in [0.3, 0.4) is 0 Å². The van der Waals surface area contributed by atoms with E-state index in [4.69, 9.17) is 0 Å². The molecule has 6 unspecified atom stereocenters. The van der Waals surface area contributed by atoms with Gasteiger partial charge in [-0.1, -0.05) is 19.4 Å². The van der Waals surface area contributed by atoms with Crippen LogP contribution in [0.2, 0.25) is 5.82 Å². The molecule has 0 bridgehead atoms. The molecule has 0 aromatic rings. The van der Waals surface area contributed by atoms with E-state index in [1.165, 1.54) is 18.4 Å². The number of carbonyl (C=O) groups is 2. The van der Waals surface area contributed by atoms with Crippen molar-refractivity contribution >= 4 is 19.4 Å². The van der Waals surface area contributed by atoms with Crippen LogP contribution in [0.4, 0.5) is 0 Å². The van der Waals surface area contributed by atoms with E-state index in [0.29, 0.717) is 29.3 Å². The Morgan fingerprint density at radius 2 is 1.82 bits per heavy atom. The highest BCUT2D eigenvalue weighted by Gasteiger charge is 2.60. The van der Waals surface area contributed by atoms with Gasteiger partial charge in [0.1, 0.15) is 13.6 Å². The maximum Gasteiger partial charge on any atom is 0.155 e. The van der Waals surface area contributed by atoms with Gasteiger partial charge < -0.3 is 0 Å². The van der Waals surface area contributed by atoms with Crippen molar-refractivity contribution in [2.75, 3.05) is 0 Å². The number of ketones is 2. The first kappa shape index (κ1) is 14.7. The molecule has 3 fully saturated rings. The van der Waals surface area contributed by atoms with Crippen LogP contribution in [0.15, 0.2) is 11.6 Å². The Morgan fingerprint density at radius 3 is 2.59 bits per heavy atom. The number of Topliss-reactive ketones (excluding diaryl/α,β-unsaturated/α-hetero) is 1. The minimum atomic E-state index is -0.0529. The lowest BCUT2D eigenvalue weighted by molar-refractivity contribution is -0.132. The molecule has 0 aromatic carbocycles. The lowest BCUT2D eigenvalue weighted by Crippen LogP contribution is -2.50. The second kappa shape index (κ2) is 4.58. The SMILES string of the molecule is BC1CC2C3CCC4=CC(=O)CCC4(C)C3CCC2(C)C1=O. The molecule has 0 amide bonds. The van der Waals surface area contributed by atoms with Crippen molar-refractivity contribution in [1.82, 2.24) is 0 Å². The molecular weight excluding hydrogens is 271 g/mol. The van der Waals surface area contributed by atoms with E-state index in [2.05, 4.69) is 21.7 Å². The first-order valence-electron chi connectivity index (χ1n) is 9.14. The Balaban J connectivity index is 1.70. The molecule has 0 N–H and O–H groups in total. The van der Waals surface area contributed by atoms with Crippen LogP contribution in [-0.2, 0) is 9.59 Å². The Kier molecular flexibility index (Phi) is 3.07. The lowest BCUT2D eigenvalue weighted by Gasteiger charge is -2.56. The van der Waals surface area contributed by atoms with Gasteiger partial charge in [0.05, 0.1) is 0 Å². The van der Waals surface area contributed by atoms with E-state index in [-0.39, 0.29) is 16.6 Å². The molecule has 3 saturated carbocycles. The second-order valence-corrected chi connectivity index (χ2v) is 8.93. The molecule has 22 heavy (non-hydrogen) atoms. The molecule has 3 heteroatoms. The third-order valence-electron chi connectivity index (χ3n) is 7.97. The van der Waals surface area contributed by atoms with E-state index < -0.39 is 0 Å². The van der Waals surface area contributed by atoms with E-state index >= 15 is 0 Å². The van der Waals surface area contributed by atoms with Crippen molar-refractivity contribution in [3.63, 3.8) is 0 Å². The van der Waals surface area contributed by atoms with Gasteiger partial charge in [0, 0.05) is 11.8 Å². The second-order valence-electron chi connectivity index (χ2n) is 8.93. The lowest BCUT2D eigenvalue weighted by atomic mass is 9.47. The minimum Gasteiger partial charge on any atom is -0.300 e. The zero-order valence-corrected chi connectivity index (χ0v) is 14.2. The van der Waals surface area contributed by atoms with Gasteiger partial charge in [0.15, 0.2) is 5.78 Å². The normalized spacial score (nSPS) is 50.9. The molecular formula is C19H27BO2. The summed E-state index contributed by atoms with van der Waals surface area (Å²) in [6, 6.07) is 0. The van der Waals surface area contributed by atoms with Crippen LogP contribution in [0.1, 0.15) is 58.8 Å². The first-order chi connectivity index (χ1) is 10.4. The Morgan fingerprint density at radius 1 is 1.05 bits per heavy atom. The van der Waals surface area contributed by atoms with Crippen molar-refractivity contribution in [1.29, 1.82) is 0 Å². The maximum atomic E-state index is 12.7. The molecule has 118 valence electrons. The third kappa shape index (κ3) is 1.74. The predicted molar refractivity (Wildman–Crippen MR) is 89.4 cm³/mol. The van der Waals surface area contributed by atoms with E-state index in [9.17, 15) is 9.59 Å². The average Bonchev–Trinajstić information content (AvgIpc) is 2.72. The number of rotatable bonds is 0. The topological polar surface area (TPSA) is 34.1 Å². The van der Waals surface area contributed by atoms with Crippen LogP contribution >= 0.6 is 0 Å². The zero-order valence-electron chi connectivity index (χ0n) is 14.2. The molecule has 0 saturated heterocycles. The summed E-state index contributed by atoms with van der Waals surface area (Å²) in [7, 11) is 2.13. The van der Waals surface area contributed by atoms with Crippen molar-refractivity contribution in [2.24, 2.45) is 28.6 Å². The van der Waals surface area contributed by atoms with Crippen LogP contribution in [0, 0.1) is 28.6 Å². The van der Waals surface area contributed by atoms with Gasteiger partial charge in [0.2, 0.25) is 0 Å². The summed E-state index contributed by atoms with van der Waals surface area (Å²) in [6.45, 7) is 4.66. The highest BCUT2D eigenvalue weighted by atomic mass is 16.1. The van der Waals surface area contributed by atoms with Gasteiger partial charge in [-0.05, 0) is 73.6 Å². The van der Waals surface area contributed by atoms with Crippen molar-refractivity contribution < 1.29 is 9.59 Å². The Bertz CT molecular complexity index is 580. The molecule has 0 heterocycles. The van der Waals surface area contributed by atoms with E-state index in [1.54, 1.807) is 0 Å². The van der Waals surface area contributed by atoms with E-state index in [0.717, 1.165) is 32.1 Å². The van der Waals surface area contributed by atoms with Crippen LogP contribution < -0.4 is 0 Å². The molecule has 0 aromatic heterocycles. The maximum absolute atomic E-state index is 12.7. The zero-order chi connectivity index (χ0) is 15.7. The largest absolute Gasteiger partial charge is 0.300 e. The smallest absolute Gasteiger partial charge is 0.155 e. The van der Waals surface area contributed by atoms with Crippen LogP contribution in [0.5, 0.6) is 0 Å². The summed E-state index contributed by atoms with van der Waals surface area (Å²) in [5.41, 5.74) is 1.60. The van der Waals surface area contributed by atoms with Crippen molar-refractivity contribution in [3.8, 4) is 0 Å². The third-order valence-corrected chi connectivity index (χ3v) is 7.97. The summed E-state index contributed by atoms with van der Waals surface area (Å²) >= 11 is 0. The summed E-state index contributed by atoms with van der Waals surface area (Å²) in [5, 5.41) is 0. The molecule has 4 aliphatic carbocycles. The number of hydrogen-bond donors (Lipinski definition) is 0. The molecule has 4 rings (SSSR count). The highest BCUT2D eigenvalue weighted by Crippen LogP contribution is 2.65. The van der Waals surface area contributed by atoms with Gasteiger partial charge in [0.25, 0.3) is 0 Å². The van der Waals surface area contributed by atoms with E-state index in [1.807, 2.05) is 6.08 Å². The quantitative estimate of drug-likeness (QED) is 0.644. The molecule has 2 nitrogen and oxygen atoms in total. The van der Waals surface area contributed by atoms with Gasteiger partial charge in [-0.2, -0.15) is 0 Å². The molecule has 0 spiro atoms. The number of carbonyl (C=O) groups excluding carboxylic acids is 2. The van der Waals surface area contributed by atoms with Gasteiger partial charge in [-0.15, -0.1) is 0 Å². The fourth-order valence-electron chi connectivity index (χ4n) is 6.67. The highest BCUT2D eigenvalue weighted by molar-refractivity contribution is 6.26. The number of allylic oxidation sites excluding steroid dienone is 1. The summed E-state index contributed by atoms with van der Waals surface area (Å²) in [6.07, 6.45) is 9.35. The van der Waals surface area contributed by atoms with Crippen LogP contribution in [-0.4, -0.2) is 19.4 Å². The summed E-state index contributed by atoms with van der Waals surface area (Å²) < 4.78 is 0. The van der Waals surface area contributed by atoms with Gasteiger partial charge in [-0.25, -0.2) is 0 Å². The molecule has 4 aliphatic rings. The first-order valence-corrected chi connectivity index (χ1v) is 9.14. The Hall–Kier alpha value is -0.855. The predicted octanol–water partition coefficient (Wildman–Crippen LogP) is 3.12. The van der Waals surface area contributed by atoms with Gasteiger partial charge in [-0.3, -0.25) is 9.59 Å². The molecule has 0 aliphatic heterocycles. The average molecular weight is 298 g/mol. The minimum absolute atomic E-state index is 0.0529. The standard InChI is InChI=1S/C19H27BO2/c1-18-7-5-12(21)9-11(18)3-4-13-14(18)6-8-19(2)15(13)10-16(20)17(19)22/h9,13-16H,3-8,10,20H2,1-2H3. The molecule has 6 atom stereocenters. The number of fused-ring (bicyclic) bond motifs is 5. The fraction of sp³-hybridized carbons (Fsp3) is 0.789. The van der Waals surface area contributed by atoms with Crippen molar-refractivity contribution in [3.05, 3.63) is 11.6 Å². The number of hydrogen-bond acceptors (Lipinski definition) is 2. The summed E-state index contributed by atoms with van der Waals surface area (Å²) in [4.78, 5) is 24.5. The van der Waals surface area contributed by atoms with Gasteiger partial charge >= 0.3 is 0 Å².